The van der Waals surface area contributed by atoms with Crippen molar-refractivity contribution in [2.45, 2.75) is 19.3 Å². The molecule has 1 atom stereocenters. The third-order valence-corrected chi connectivity index (χ3v) is 8.28. The van der Waals surface area contributed by atoms with Crippen molar-refractivity contribution in [3.63, 3.8) is 0 Å². The molecule has 5 nitrogen and oxygen atoms in total. The van der Waals surface area contributed by atoms with Crippen LogP contribution < -0.4 is 0 Å². The molecule has 1 aliphatic carbocycles. The quantitative estimate of drug-likeness (QED) is 0.697. The first-order chi connectivity index (χ1) is 15.6. The number of likely N-dealkylation sites (tertiary alicyclic amines) is 1. The lowest BCUT2D eigenvalue weighted by Crippen LogP contribution is -2.49. The van der Waals surface area contributed by atoms with E-state index in [0.717, 1.165) is 70.0 Å². The number of carbonyl (C=O) groups is 2. The second-order valence-corrected chi connectivity index (χ2v) is 10.3. The molecule has 168 valence electrons. The minimum Gasteiger partial charge on any atom is -0.340 e. The molecule has 32 heavy (non-hydrogen) atoms. The minimum atomic E-state index is 0.149. The van der Waals surface area contributed by atoms with Gasteiger partial charge < -0.3 is 9.80 Å². The number of hydrogen-bond donors (Lipinski definition) is 0. The van der Waals surface area contributed by atoms with Crippen LogP contribution in [0, 0.1) is 11.3 Å². The van der Waals surface area contributed by atoms with Gasteiger partial charge in [-0.05, 0) is 41.7 Å². The lowest BCUT2D eigenvalue weighted by atomic mass is 9.90. The molecular formula is C26H31N3O2S. The van der Waals surface area contributed by atoms with Gasteiger partial charge in [0.05, 0.1) is 4.88 Å². The molecule has 6 heteroatoms. The Morgan fingerprint density at radius 1 is 0.938 bits per heavy atom. The van der Waals surface area contributed by atoms with Crippen molar-refractivity contribution in [3.8, 4) is 0 Å². The molecule has 1 aromatic heterocycles. The average molecular weight is 450 g/mol. The second kappa shape index (κ2) is 9.20. The molecule has 2 aliphatic heterocycles. The number of carbonyl (C=O) groups excluding carboxylic acids is 2. The van der Waals surface area contributed by atoms with Gasteiger partial charge in [-0.15, -0.1) is 11.3 Å². The molecule has 0 N–H and O–H groups in total. The highest BCUT2D eigenvalue weighted by Crippen LogP contribution is 2.60. The Morgan fingerprint density at radius 3 is 2.38 bits per heavy atom. The van der Waals surface area contributed by atoms with Crippen LogP contribution in [0.5, 0.6) is 0 Å². The van der Waals surface area contributed by atoms with Crippen LogP contribution >= 0.6 is 11.3 Å². The van der Waals surface area contributed by atoms with E-state index in [2.05, 4.69) is 46.2 Å². The molecule has 2 aromatic rings. The van der Waals surface area contributed by atoms with Crippen molar-refractivity contribution in [1.29, 1.82) is 0 Å². The highest BCUT2D eigenvalue weighted by Gasteiger charge is 2.59. The molecule has 2 saturated heterocycles. The van der Waals surface area contributed by atoms with Crippen molar-refractivity contribution in [1.82, 2.24) is 14.7 Å². The zero-order chi connectivity index (χ0) is 22.0. The van der Waals surface area contributed by atoms with Crippen molar-refractivity contribution in [3.05, 3.63) is 64.4 Å². The van der Waals surface area contributed by atoms with Crippen LogP contribution in [0.15, 0.2) is 53.9 Å². The smallest absolute Gasteiger partial charge is 0.263 e. The highest BCUT2D eigenvalue weighted by molar-refractivity contribution is 7.12. The largest absolute Gasteiger partial charge is 0.340 e. The molecule has 1 spiro atoms. The average Bonchev–Trinajstić information content (AvgIpc) is 3.26. The minimum absolute atomic E-state index is 0.149. The summed E-state index contributed by atoms with van der Waals surface area (Å²) < 4.78 is 0. The lowest BCUT2D eigenvalue weighted by molar-refractivity contribution is -0.135. The predicted octanol–water partition coefficient (Wildman–Crippen LogP) is 3.85. The number of benzene rings is 1. The van der Waals surface area contributed by atoms with Gasteiger partial charge in [0.1, 0.15) is 0 Å². The summed E-state index contributed by atoms with van der Waals surface area (Å²) in [6, 6.07) is 14.2. The van der Waals surface area contributed by atoms with Crippen LogP contribution in [0.3, 0.4) is 0 Å². The van der Waals surface area contributed by atoms with Crippen LogP contribution in [0.1, 0.15) is 34.5 Å². The Balaban J connectivity index is 1.06. The molecule has 3 aliphatic rings. The Morgan fingerprint density at radius 2 is 1.69 bits per heavy atom. The summed E-state index contributed by atoms with van der Waals surface area (Å²) in [5.74, 6) is 0.671. The Labute approximate surface area is 194 Å². The third-order valence-electron chi connectivity index (χ3n) is 7.42. The third kappa shape index (κ3) is 4.52. The fourth-order valence-electron chi connectivity index (χ4n) is 5.23. The molecule has 3 heterocycles. The summed E-state index contributed by atoms with van der Waals surface area (Å²) >= 11 is 1.51. The molecule has 5 rings (SSSR count). The van der Waals surface area contributed by atoms with Crippen molar-refractivity contribution in [2.24, 2.45) is 11.3 Å². The molecule has 2 amide bonds. The molecule has 3 fully saturated rings. The van der Waals surface area contributed by atoms with E-state index in [1.165, 1.54) is 16.9 Å². The van der Waals surface area contributed by atoms with Gasteiger partial charge in [-0.2, -0.15) is 0 Å². The first kappa shape index (κ1) is 21.4. The number of rotatable bonds is 5. The van der Waals surface area contributed by atoms with Gasteiger partial charge >= 0.3 is 0 Å². The van der Waals surface area contributed by atoms with Gasteiger partial charge in [0.15, 0.2) is 0 Å². The zero-order valence-electron chi connectivity index (χ0n) is 18.5. The van der Waals surface area contributed by atoms with E-state index < -0.39 is 0 Å². The van der Waals surface area contributed by atoms with Gasteiger partial charge in [-0.3, -0.25) is 14.5 Å². The normalized spacial score (nSPS) is 23.1. The van der Waals surface area contributed by atoms with Crippen LogP contribution in [0.4, 0.5) is 0 Å². The maximum atomic E-state index is 13.2. The van der Waals surface area contributed by atoms with Crippen LogP contribution in [0.25, 0.3) is 6.08 Å². The summed E-state index contributed by atoms with van der Waals surface area (Å²) in [5, 5.41) is 1.95. The summed E-state index contributed by atoms with van der Waals surface area (Å²) in [6.07, 6.45) is 7.32. The number of thiophene rings is 1. The standard InChI is InChI=1S/C26H31N3O2S/c30-24(29-17-15-27(16-18-29)12-4-8-21-6-2-1-3-7-21)22-20-26(22)10-13-28(14-11-26)25(31)23-9-5-19-32-23/h1-9,19,22H,10-18,20H2/b8-4+. The maximum Gasteiger partial charge on any atom is 0.263 e. The van der Waals surface area contributed by atoms with Crippen molar-refractivity contribution >= 4 is 29.2 Å². The van der Waals surface area contributed by atoms with Gasteiger partial charge in [0.2, 0.25) is 5.91 Å². The lowest BCUT2D eigenvalue weighted by Gasteiger charge is -2.36. The first-order valence-corrected chi connectivity index (χ1v) is 12.6. The zero-order valence-corrected chi connectivity index (χ0v) is 19.3. The first-order valence-electron chi connectivity index (χ1n) is 11.7. The van der Waals surface area contributed by atoms with Gasteiger partial charge in [0.25, 0.3) is 5.91 Å². The van der Waals surface area contributed by atoms with Crippen LogP contribution in [-0.2, 0) is 4.79 Å². The van der Waals surface area contributed by atoms with E-state index in [1.807, 2.05) is 28.5 Å². The molecule has 1 aromatic carbocycles. The Kier molecular flexibility index (Phi) is 6.15. The second-order valence-electron chi connectivity index (χ2n) is 9.33. The summed E-state index contributed by atoms with van der Waals surface area (Å²) in [7, 11) is 0. The highest BCUT2D eigenvalue weighted by atomic mass is 32.1. The fraction of sp³-hybridized carbons (Fsp3) is 0.462. The van der Waals surface area contributed by atoms with E-state index in [9.17, 15) is 9.59 Å². The van der Waals surface area contributed by atoms with Gasteiger partial charge in [-0.25, -0.2) is 0 Å². The molecule has 0 bridgehead atoms. The van der Waals surface area contributed by atoms with E-state index in [1.54, 1.807) is 0 Å². The number of amides is 2. The Hall–Kier alpha value is -2.44. The van der Waals surface area contributed by atoms with Crippen molar-refractivity contribution in [2.75, 3.05) is 45.8 Å². The number of piperidine rings is 1. The van der Waals surface area contributed by atoms with E-state index in [-0.39, 0.29) is 17.2 Å². The summed E-state index contributed by atoms with van der Waals surface area (Å²) in [6.45, 7) is 6.02. The maximum absolute atomic E-state index is 13.2. The van der Waals surface area contributed by atoms with E-state index in [4.69, 9.17) is 0 Å². The monoisotopic (exact) mass is 449 g/mol. The van der Waals surface area contributed by atoms with Crippen molar-refractivity contribution < 1.29 is 9.59 Å². The number of hydrogen-bond acceptors (Lipinski definition) is 4. The predicted molar refractivity (Wildman–Crippen MR) is 128 cm³/mol. The van der Waals surface area contributed by atoms with Crippen LogP contribution in [-0.4, -0.2) is 72.3 Å². The molecular weight excluding hydrogens is 418 g/mol. The number of piperazine rings is 1. The van der Waals surface area contributed by atoms with E-state index >= 15 is 0 Å². The molecule has 0 radical (unpaired) electrons. The fourth-order valence-corrected chi connectivity index (χ4v) is 5.92. The molecule has 1 saturated carbocycles. The van der Waals surface area contributed by atoms with Gasteiger partial charge in [0, 0.05) is 51.7 Å². The van der Waals surface area contributed by atoms with Gasteiger partial charge in [-0.1, -0.05) is 48.6 Å². The Bertz CT molecular complexity index is 956. The van der Waals surface area contributed by atoms with E-state index in [0.29, 0.717) is 5.91 Å². The summed E-state index contributed by atoms with van der Waals surface area (Å²) in [4.78, 5) is 33.0. The topological polar surface area (TPSA) is 43.9 Å². The summed E-state index contributed by atoms with van der Waals surface area (Å²) in [5.41, 5.74) is 1.38. The van der Waals surface area contributed by atoms with Crippen LogP contribution in [0.2, 0.25) is 0 Å². The molecule has 1 unspecified atom stereocenters. The number of nitrogens with zero attached hydrogens (tertiary/aromatic N) is 3. The SMILES string of the molecule is O=C(c1cccs1)N1CCC2(CC1)CC2C(=O)N1CCN(C/C=C/c2ccccc2)CC1.